The largest absolute Gasteiger partial charge is 0.493 e. The SMILES string of the molecule is COc1ccc(SNc2cccc(/C=C\c3cc(OC)c(OC)c(OC)c3)c2)cc1[N+](=O)[O-]. The molecule has 0 aliphatic heterocycles. The molecule has 0 saturated heterocycles. The summed E-state index contributed by atoms with van der Waals surface area (Å²) in [7, 11) is 6.13. The minimum atomic E-state index is -0.461. The molecule has 1 N–H and O–H groups in total. The fraction of sp³-hybridized carbons (Fsp3) is 0.167. The van der Waals surface area contributed by atoms with Crippen LogP contribution in [0, 0.1) is 10.1 Å². The van der Waals surface area contributed by atoms with E-state index in [0.29, 0.717) is 22.1 Å². The topological polar surface area (TPSA) is 92.1 Å². The molecule has 0 unspecified atom stereocenters. The van der Waals surface area contributed by atoms with Crippen LogP contribution in [0.15, 0.2) is 59.5 Å². The maximum absolute atomic E-state index is 11.2. The third-order valence-corrected chi connectivity index (χ3v) is 5.50. The molecule has 3 aromatic carbocycles. The molecule has 0 aliphatic rings. The Hall–Kier alpha value is -3.85. The molecule has 172 valence electrons. The molecular weight excluding hydrogens is 444 g/mol. The van der Waals surface area contributed by atoms with E-state index in [1.807, 2.05) is 48.6 Å². The van der Waals surface area contributed by atoms with Crippen molar-refractivity contribution < 1.29 is 23.9 Å². The molecule has 33 heavy (non-hydrogen) atoms. The van der Waals surface area contributed by atoms with Crippen LogP contribution >= 0.6 is 11.9 Å². The van der Waals surface area contributed by atoms with Gasteiger partial charge in [0, 0.05) is 16.6 Å². The Morgan fingerprint density at radius 3 is 2.09 bits per heavy atom. The van der Waals surface area contributed by atoms with Gasteiger partial charge in [-0.3, -0.25) is 10.1 Å². The average Bonchev–Trinajstić information content (AvgIpc) is 2.85. The molecule has 0 spiro atoms. The van der Waals surface area contributed by atoms with Crippen LogP contribution in [-0.4, -0.2) is 33.4 Å². The van der Waals surface area contributed by atoms with Crippen LogP contribution in [-0.2, 0) is 0 Å². The van der Waals surface area contributed by atoms with Crippen molar-refractivity contribution in [3.63, 3.8) is 0 Å². The molecule has 0 aromatic heterocycles. The van der Waals surface area contributed by atoms with E-state index in [-0.39, 0.29) is 11.4 Å². The maximum atomic E-state index is 11.2. The van der Waals surface area contributed by atoms with Gasteiger partial charge in [-0.15, -0.1) is 0 Å². The lowest BCUT2D eigenvalue weighted by Crippen LogP contribution is -1.95. The lowest BCUT2D eigenvalue weighted by Gasteiger charge is -2.12. The second-order valence-corrected chi connectivity index (χ2v) is 7.59. The van der Waals surface area contributed by atoms with Crippen molar-refractivity contribution in [2.24, 2.45) is 0 Å². The Morgan fingerprint density at radius 2 is 1.48 bits per heavy atom. The first kappa shape index (κ1) is 23.8. The zero-order valence-electron chi connectivity index (χ0n) is 18.7. The number of anilines is 1. The highest BCUT2D eigenvalue weighted by Gasteiger charge is 2.15. The molecule has 0 saturated carbocycles. The van der Waals surface area contributed by atoms with Crippen LogP contribution in [0.3, 0.4) is 0 Å². The predicted molar refractivity (Wildman–Crippen MR) is 131 cm³/mol. The van der Waals surface area contributed by atoms with E-state index in [0.717, 1.165) is 16.8 Å². The van der Waals surface area contributed by atoms with Gasteiger partial charge in [-0.1, -0.05) is 24.3 Å². The Bertz CT molecular complexity index is 1140. The van der Waals surface area contributed by atoms with Crippen LogP contribution in [0.25, 0.3) is 12.2 Å². The van der Waals surface area contributed by atoms with E-state index in [2.05, 4.69) is 4.72 Å². The molecule has 9 heteroatoms. The Kier molecular flexibility index (Phi) is 8.04. The van der Waals surface area contributed by atoms with Gasteiger partial charge in [0.1, 0.15) is 0 Å². The summed E-state index contributed by atoms with van der Waals surface area (Å²) in [5.74, 6) is 1.93. The molecule has 0 atom stereocenters. The summed E-state index contributed by atoms with van der Waals surface area (Å²) in [5, 5.41) is 11.2. The minimum absolute atomic E-state index is 0.0775. The number of nitro groups is 1. The average molecular weight is 469 g/mol. The quantitative estimate of drug-likeness (QED) is 0.170. The summed E-state index contributed by atoms with van der Waals surface area (Å²) in [6, 6.07) is 16.3. The minimum Gasteiger partial charge on any atom is -0.493 e. The summed E-state index contributed by atoms with van der Waals surface area (Å²) >= 11 is 1.28. The van der Waals surface area contributed by atoms with Gasteiger partial charge in [-0.25, -0.2) is 0 Å². The van der Waals surface area contributed by atoms with Crippen LogP contribution in [0.4, 0.5) is 11.4 Å². The number of benzene rings is 3. The van der Waals surface area contributed by atoms with Crippen molar-refractivity contribution in [3.8, 4) is 23.0 Å². The predicted octanol–water partition coefficient (Wildman–Crippen LogP) is 5.92. The summed E-state index contributed by atoms with van der Waals surface area (Å²) in [4.78, 5) is 11.5. The third kappa shape index (κ3) is 5.89. The van der Waals surface area contributed by atoms with E-state index in [4.69, 9.17) is 18.9 Å². The molecule has 0 amide bonds. The van der Waals surface area contributed by atoms with Crippen molar-refractivity contribution >= 4 is 35.5 Å². The molecule has 0 fully saturated rings. The lowest BCUT2D eigenvalue weighted by molar-refractivity contribution is -0.386. The highest BCUT2D eigenvalue weighted by atomic mass is 32.2. The van der Waals surface area contributed by atoms with E-state index in [9.17, 15) is 10.1 Å². The van der Waals surface area contributed by atoms with Crippen molar-refractivity contribution in [1.29, 1.82) is 0 Å². The first-order valence-corrected chi connectivity index (χ1v) is 10.6. The van der Waals surface area contributed by atoms with Crippen LogP contribution in [0.2, 0.25) is 0 Å². The highest BCUT2D eigenvalue weighted by molar-refractivity contribution is 8.00. The smallest absolute Gasteiger partial charge is 0.312 e. The van der Waals surface area contributed by atoms with E-state index in [1.165, 1.54) is 25.1 Å². The summed E-state index contributed by atoms with van der Waals surface area (Å²) in [5.41, 5.74) is 2.63. The second kappa shape index (κ2) is 11.1. The molecule has 0 radical (unpaired) electrons. The van der Waals surface area contributed by atoms with Gasteiger partial charge < -0.3 is 23.7 Å². The molecule has 8 nitrogen and oxygen atoms in total. The van der Waals surface area contributed by atoms with E-state index < -0.39 is 4.92 Å². The monoisotopic (exact) mass is 468 g/mol. The normalized spacial score (nSPS) is 10.7. The van der Waals surface area contributed by atoms with E-state index >= 15 is 0 Å². The number of nitro benzene ring substituents is 1. The van der Waals surface area contributed by atoms with E-state index in [1.54, 1.807) is 33.5 Å². The number of rotatable bonds is 10. The third-order valence-electron chi connectivity index (χ3n) is 4.68. The van der Waals surface area contributed by atoms with Gasteiger partial charge in [0.05, 0.1) is 33.4 Å². The van der Waals surface area contributed by atoms with Gasteiger partial charge in [0.15, 0.2) is 17.2 Å². The van der Waals surface area contributed by atoms with Gasteiger partial charge in [-0.2, -0.15) is 0 Å². The van der Waals surface area contributed by atoms with Crippen molar-refractivity contribution in [3.05, 3.63) is 75.8 Å². The van der Waals surface area contributed by atoms with Gasteiger partial charge >= 0.3 is 5.69 Å². The standard InChI is InChI=1S/C24H24N2O6S/c1-29-21-11-10-19(15-20(21)26(27)28)33-25-18-7-5-6-16(12-18)8-9-17-13-22(30-2)24(32-4)23(14-17)31-3/h5-15,25H,1-4H3/b9-8-. The number of nitrogens with one attached hydrogen (secondary N) is 1. The molecule has 0 bridgehead atoms. The van der Waals surface area contributed by atoms with Crippen LogP contribution in [0.5, 0.6) is 23.0 Å². The Labute approximate surface area is 196 Å². The van der Waals surface area contributed by atoms with Crippen molar-refractivity contribution in [2.45, 2.75) is 4.90 Å². The Balaban J connectivity index is 1.75. The summed E-state index contributed by atoms with van der Waals surface area (Å²) < 4.78 is 24.4. The number of methoxy groups -OCH3 is 4. The van der Waals surface area contributed by atoms with Gasteiger partial charge in [0.25, 0.3) is 0 Å². The number of hydrogen-bond acceptors (Lipinski definition) is 8. The summed E-state index contributed by atoms with van der Waals surface area (Å²) in [6.07, 6.45) is 3.92. The zero-order chi connectivity index (χ0) is 23.8. The van der Waals surface area contributed by atoms with Crippen LogP contribution < -0.4 is 23.7 Å². The van der Waals surface area contributed by atoms with Gasteiger partial charge in [0.2, 0.25) is 5.75 Å². The highest BCUT2D eigenvalue weighted by Crippen LogP contribution is 2.38. The van der Waals surface area contributed by atoms with Crippen molar-refractivity contribution in [1.82, 2.24) is 0 Å². The zero-order valence-corrected chi connectivity index (χ0v) is 19.5. The molecular formula is C24H24N2O6S. The molecule has 3 aromatic rings. The fourth-order valence-corrected chi connectivity index (χ4v) is 3.76. The molecule has 0 aliphatic carbocycles. The fourth-order valence-electron chi connectivity index (χ4n) is 3.09. The maximum Gasteiger partial charge on any atom is 0.312 e. The number of nitrogens with zero attached hydrogens (tertiary/aromatic N) is 1. The van der Waals surface area contributed by atoms with Gasteiger partial charge in [-0.05, 0) is 59.5 Å². The second-order valence-electron chi connectivity index (χ2n) is 6.71. The summed E-state index contributed by atoms with van der Waals surface area (Å²) in [6.45, 7) is 0. The molecule has 0 heterocycles. The number of hydrogen-bond donors (Lipinski definition) is 1. The number of ether oxygens (including phenoxy) is 4. The molecule has 3 rings (SSSR count). The Morgan fingerprint density at radius 1 is 0.818 bits per heavy atom. The van der Waals surface area contributed by atoms with Crippen molar-refractivity contribution in [2.75, 3.05) is 33.2 Å². The van der Waals surface area contributed by atoms with Crippen LogP contribution in [0.1, 0.15) is 11.1 Å². The lowest BCUT2D eigenvalue weighted by atomic mass is 10.1. The first-order valence-electron chi connectivity index (χ1n) is 9.82. The first-order chi connectivity index (χ1) is 16.0.